The molecule has 24 heavy (non-hydrogen) atoms. The molecule has 0 fully saturated rings. The average molecular weight is 318 g/mol. The van der Waals surface area contributed by atoms with Crippen LogP contribution < -0.4 is 10.6 Å². The zero-order valence-electron chi connectivity index (χ0n) is 14.3. The van der Waals surface area contributed by atoms with E-state index < -0.39 is 0 Å². The van der Waals surface area contributed by atoms with Crippen molar-refractivity contribution in [3.63, 3.8) is 0 Å². The van der Waals surface area contributed by atoms with Gasteiger partial charge in [-0.3, -0.25) is 0 Å². The van der Waals surface area contributed by atoms with Crippen molar-refractivity contribution in [2.75, 3.05) is 10.6 Å². The molecule has 0 amide bonds. The fraction of sp³-hybridized carbons (Fsp3) is 0.200. The number of hydrogen-bond acceptors (Lipinski definition) is 4. The van der Waals surface area contributed by atoms with Crippen LogP contribution in [0.1, 0.15) is 23.7 Å². The Labute approximate surface area is 143 Å². The molecule has 0 saturated carbocycles. The monoisotopic (exact) mass is 318 g/mol. The van der Waals surface area contributed by atoms with Crippen molar-refractivity contribution in [1.29, 1.82) is 0 Å². The Morgan fingerprint density at radius 3 is 2.50 bits per heavy atom. The van der Waals surface area contributed by atoms with E-state index in [4.69, 9.17) is 0 Å². The zero-order chi connectivity index (χ0) is 16.9. The number of benzene rings is 2. The lowest BCUT2D eigenvalue weighted by atomic mass is 10.1. The molecule has 0 aliphatic carbocycles. The summed E-state index contributed by atoms with van der Waals surface area (Å²) in [6.45, 7) is 6.19. The summed E-state index contributed by atoms with van der Waals surface area (Å²) in [5.41, 5.74) is 5.45. The van der Waals surface area contributed by atoms with Crippen LogP contribution in [-0.2, 0) is 6.42 Å². The van der Waals surface area contributed by atoms with Crippen LogP contribution in [0.3, 0.4) is 0 Å². The highest BCUT2D eigenvalue weighted by Crippen LogP contribution is 2.22. The van der Waals surface area contributed by atoms with Gasteiger partial charge in [-0.25, -0.2) is 4.98 Å². The minimum atomic E-state index is 0.595. The maximum absolute atomic E-state index is 4.60. The normalized spacial score (nSPS) is 10.5. The first-order valence-electron chi connectivity index (χ1n) is 8.18. The van der Waals surface area contributed by atoms with Gasteiger partial charge in [0.25, 0.3) is 0 Å². The molecule has 0 saturated heterocycles. The molecule has 0 atom stereocenters. The first kappa shape index (κ1) is 16.0. The number of aromatic nitrogens is 2. The molecule has 122 valence electrons. The predicted octanol–water partition coefficient (Wildman–Crippen LogP) is 5.14. The number of nitrogens with one attached hydrogen (secondary N) is 2. The lowest BCUT2D eigenvalue weighted by Crippen LogP contribution is -2.03. The van der Waals surface area contributed by atoms with Gasteiger partial charge in [0.05, 0.1) is 0 Å². The number of anilines is 4. The third kappa shape index (κ3) is 3.90. The van der Waals surface area contributed by atoms with Crippen molar-refractivity contribution in [1.82, 2.24) is 9.97 Å². The van der Waals surface area contributed by atoms with Crippen molar-refractivity contribution in [2.24, 2.45) is 0 Å². The average Bonchev–Trinajstić information content (AvgIpc) is 2.55. The summed E-state index contributed by atoms with van der Waals surface area (Å²) in [7, 11) is 0. The first-order valence-corrected chi connectivity index (χ1v) is 8.18. The van der Waals surface area contributed by atoms with Crippen LogP contribution in [0.15, 0.2) is 54.6 Å². The van der Waals surface area contributed by atoms with Crippen LogP contribution in [-0.4, -0.2) is 9.97 Å². The van der Waals surface area contributed by atoms with Crippen LogP contribution in [0.25, 0.3) is 0 Å². The molecule has 3 rings (SSSR count). The van der Waals surface area contributed by atoms with Crippen molar-refractivity contribution >= 4 is 23.1 Å². The lowest BCUT2D eigenvalue weighted by Gasteiger charge is -2.12. The van der Waals surface area contributed by atoms with E-state index in [9.17, 15) is 0 Å². The Bertz CT molecular complexity index is 843. The third-order valence-corrected chi connectivity index (χ3v) is 3.79. The quantitative estimate of drug-likeness (QED) is 0.683. The molecular formula is C20H22N4. The minimum Gasteiger partial charge on any atom is -0.340 e. The summed E-state index contributed by atoms with van der Waals surface area (Å²) in [6, 6.07) is 18.4. The molecule has 0 aliphatic heterocycles. The van der Waals surface area contributed by atoms with Gasteiger partial charge in [0, 0.05) is 23.1 Å². The molecule has 1 aromatic heterocycles. The van der Waals surface area contributed by atoms with Gasteiger partial charge in [-0.15, -0.1) is 0 Å². The Balaban J connectivity index is 1.86. The van der Waals surface area contributed by atoms with E-state index in [2.05, 4.69) is 64.8 Å². The second kappa shape index (κ2) is 7.13. The van der Waals surface area contributed by atoms with Crippen LogP contribution in [0, 0.1) is 13.8 Å². The standard InChI is InChI=1S/C20H22N4/c1-4-16-9-5-6-11-18(16)23-19-13-15(3)21-20(24-19)22-17-10-7-8-14(2)12-17/h5-13H,4H2,1-3H3,(H2,21,22,23,24). The Kier molecular flexibility index (Phi) is 4.75. The van der Waals surface area contributed by atoms with Crippen LogP contribution in [0.5, 0.6) is 0 Å². The summed E-state index contributed by atoms with van der Waals surface area (Å²) in [4.78, 5) is 9.08. The minimum absolute atomic E-state index is 0.595. The summed E-state index contributed by atoms with van der Waals surface area (Å²) in [5, 5.41) is 6.69. The second-order valence-corrected chi connectivity index (χ2v) is 5.85. The van der Waals surface area contributed by atoms with E-state index >= 15 is 0 Å². The molecule has 0 unspecified atom stereocenters. The van der Waals surface area contributed by atoms with Gasteiger partial charge in [0.15, 0.2) is 0 Å². The van der Waals surface area contributed by atoms with Crippen molar-refractivity contribution in [3.05, 3.63) is 71.4 Å². The highest BCUT2D eigenvalue weighted by Gasteiger charge is 2.06. The van der Waals surface area contributed by atoms with Crippen molar-refractivity contribution in [2.45, 2.75) is 27.2 Å². The lowest BCUT2D eigenvalue weighted by molar-refractivity contribution is 1.10. The van der Waals surface area contributed by atoms with Gasteiger partial charge in [-0.1, -0.05) is 37.3 Å². The van der Waals surface area contributed by atoms with Gasteiger partial charge < -0.3 is 10.6 Å². The summed E-state index contributed by atoms with van der Waals surface area (Å²) in [6.07, 6.45) is 0.974. The van der Waals surface area contributed by atoms with Crippen LogP contribution in [0.2, 0.25) is 0 Å². The van der Waals surface area contributed by atoms with Gasteiger partial charge in [-0.2, -0.15) is 4.98 Å². The van der Waals surface area contributed by atoms with Gasteiger partial charge >= 0.3 is 0 Å². The van der Waals surface area contributed by atoms with Gasteiger partial charge in [0.2, 0.25) is 5.95 Å². The van der Waals surface area contributed by atoms with Crippen molar-refractivity contribution in [3.8, 4) is 0 Å². The fourth-order valence-electron chi connectivity index (χ4n) is 2.63. The maximum Gasteiger partial charge on any atom is 0.229 e. The third-order valence-electron chi connectivity index (χ3n) is 3.79. The highest BCUT2D eigenvalue weighted by molar-refractivity contribution is 5.63. The van der Waals surface area contributed by atoms with E-state index in [0.29, 0.717) is 5.95 Å². The molecule has 4 heteroatoms. The predicted molar refractivity (Wildman–Crippen MR) is 100 cm³/mol. The summed E-state index contributed by atoms with van der Waals surface area (Å²) < 4.78 is 0. The SMILES string of the molecule is CCc1ccccc1Nc1cc(C)nc(Nc2cccc(C)c2)n1. The number of aryl methyl sites for hydroxylation is 3. The van der Waals surface area contributed by atoms with Crippen molar-refractivity contribution < 1.29 is 0 Å². The fourth-order valence-corrected chi connectivity index (χ4v) is 2.63. The smallest absolute Gasteiger partial charge is 0.229 e. The zero-order valence-corrected chi connectivity index (χ0v) is 14.3. The van der Waals surface area contributed by atoms with E-state index in [1.807, 2.05) is 31.2 Å². The molecule has 0 bridgehead atoms. The number of nitrogens with zero attached hydrogens (tertiary/aromatic N) is 2. The molecule has 1 heterocycles. The van der Waals surface area contributed by atoms with E-state index in [0.717, 1.165) is 29.3 Å². The molecule has 4 nitrogen and oxygen atoms in total. The van der Waals surface area contributed by atoms with E-state index in [1.54, 1.807) is 0 Å². The molecular weight excluding hydrogens is 296 g/mol. The maximum atomic E-state index is 4.60. The molecule has 3 aromatic rings. The summed E-state index contributed by atoms with van der Waals surface area (Å²) >= 11 is 0. The molecule has 2 N–H and O–H groups in total. The van der Waals surface area contributed by atoms with Gasteiger partial charge in [-0.05, 0) is 49.6 Å². The Morgan fingerprint density at radius 1 is 0.875 bits per heavy atom. The molecule has 0 spiro atoms. The van der Waals surface area contributed by atoms with Gasteiger partial charge in [0.1, 0.15) is 5.82 Å². The van der Waals surface area contributed by atoms with E-state index in [1.165, 1.54) is 11.1 Å². The van der Waals surface area contributed by atoms with Crippen LogP contribution in [0.4, 0.5) is 23.1 Å². The molecule has 0 aliphatic rings. The highest BCUT2D eigenvalue weighted by atomic mass is 15.1. The van der Waals surface area contributed by atoms with Crippen LogP contribution >= 0.6 is 0 Å². The number of hydrogen-bond donors (Lipinski definition) is 2. The Morgan fingerprint density at radius 2 is 1.71 bits per heavy atom. The van der Waals surface area contributed by atoms with E-state index in [-0.39, 0.29) is 0 Å². The summed E-state index contributed by atoms with van der Waals surface area (Å²) in [5.74, 6) is 1.38. The first-order chi connectivity index (χ1) is 11.6. The number of rotatable bonds is 5. The topological polar surface area (TPSA) is 49.8 Å². The molecule has 0 radical (unpaired) electrons. The largest absolute Gasteiger partial charge is 0.340 e. The molecule has 2 aromatic carbocycles. The second-order valence-electron chi connectivity index (χ2n) is 5.85. The number of para-hydroxylation sites is 1. The Hall–Kier alpha value is -2.88.